The van der Waals surface area contributed by atoms with Crippen LogP contribution < -0.4 is 0 Å². The molecular weight excluding hydrogens is 1160 g/mol. The summed E-state index contributed by atoms with van der Waals surface area (Å²) in [5.74, 6) is 0.847. The molecule has 0 amide bonds. The van der Waals surface area contributed by atoms with E-state index in [-0.39, 0.29) is 25.7 Å². The Morgan fingerprint density at radius 2 is 0.545 bits per heavy atom. The van der Waals surface area contributed by atoms with Crippen molar-refractivity contribution in [2.24, 2.45) is 23.7 Å². The van der Waals surface area contributed by atoms with Crippen LogP contribution in [0.15, 0.2) is 0 Å². The van der Waals surface area contributed by atoms with Crippen LogP contribution in [0.3, 0.4) is 0 Å². The number of ether oxygens (including phenoxy) is 4. The quantitative estimate of drug-likeness (QED) is 0.0222. The molecule has 19 heteroatoms. The second kappa shape index (κ2) is 58.8. The molecule has 0 aromatic carbocycles. The molecule has 4 unspecified atom stereocenters. The molecule has 0 aliphatic heterocycles. The van der Waals surface area contributed by atoms with Crippen LogP contribution in [-0.4, -0.2) is 96.7 Å². The van der Waals surface area contributed by atoms with E-state index in [9.17, 15) is 43.2 Å². The molecule has 0 aromatic heterocycles. The minimum Gasteiger partial charge on any atom is -0.462 e. The largest absolute Gasteiger partial charge is 0.472 e. The zero-order valence-corrected chi connectivity index (χ0v) is 59.1. The number of esters is 4. The Kier molecular flexibility index (Phi) is 57.6. The summed E-state index contributed by atoms with van der Waals surface area (Å²) in [4.78, 5) is 72.5. The Morgan fingerprint density at radius 3 is 0.807 bits per heavy atom. The van der Waals surface area contributed by atoms with Crippen molar-refractivity contribution in [1.29, 1.82) is 0 Å². The number of carbonyl (C=O) groups excluding carboxylic acids is 4. The second-order valence-electron chi connectivity index (χ2n) is 26.4. The monoisotopic (exact) mass is 1300 g/mol. The molecule has 0 saturated heterocycles. The Labute approximate surface area is 537 Å². The normalized spacial score (nSPS) is 14.9. The lowest BCUT2D eigenvalue weighted by Gasteiger charge is -2.21. The fourth-order valence-corrected chi connectivity index (χ4v) is 11.8. The lowest BCUT2D eigenvalue weighted by molar-refractivity contribution is -0.161. The number of unbranched alkanes of at least 4 members (excludes halogenated alkanes) is 30. The third-order valence-electron chi connectivity index (χ3n) is 16.5. The van der Waals surface area contributed by atoms with E-state index in [1.807, 2.05) is 0 Å². The molecule has 0 spiro atoms. The predicted molar refractivity (Wildman–Crippen MR) is 354 cm³/mol. The van der Waals surface area contributed by atoms with Gasteiger partial charge in [0.2, 0.25) is 0 Å². The number of phosphoric ester groups is 2. The number of aliphatic hydroxyl groups excluding tert-OH is 1. The topological polar surface area (TPSA) is 237 Å². The van der Waals surface area contributed by atoms with Gasteiger partial charge >= 0.3 is 39.5 Å². The van der Waals surface area contributed by atoms with Gasteiger partial charge in [-0.25, -0.2) is 9.13 Å². The minimum atomic E-state index is -4.95. The van der Waals surface area contributed by atoms with Crippen molar-refractivity contribution in [3.63, 3.8) is 0 Å². The molecule has 88 heavy (non-hydrogen) atoms. The van der Waals surface area contributed by atoms with Crippen molar-refractivity contribution in [1.82, 2.24) is 0 Å². The maximum absolute atomic E-state index is 13.0. The van der Waals surface area contributed by atoms with Crippen molar-refractivity contribution < 1.29 is 80.2 Å². The fraction of sp³-hybridized carbons (Fsp3) is 0.942. The molecule has 0 bridgehead atoms. The second-order valence-corrected chi connectivity index (χ2v) is 29.3. The highest BCUT2D eigenvalue weighted by molar-refractivity contribution is 7.47. The SMILES string of the molecule is CCC(C)CCCCCCCCC(=O)OC[C@H](COP(=O)(O)OC[C@H](O)COP(=O)(O)OC[C@@H](COC(=O)CCCCCCCCCCCC(C)C)OC(=O)CCCCCCCCC(C)CC)OC(=O)CCCCCCCCCCCCCCCC(C)C. The third kappa shape index (κ3) is 60.3. The van der Waals surface area contributed by atoms with E-state index >= 15 is 0 Å². The number of carbonyl (C=O) groups is 4. The maximum Gasteiger partial charge on any atom is 0.472 e. The Balaban J connectivity index is 5.24. The molecule has 0 radical (unpaired) electrons. The highest BCUT2D eigenvalue weighted by Crippen LogP contribution is 2.45. The smallest absolute Gasteiger partial charge is 0.462 e. The highest BCUT2D eigenvalue weighted by atomic mass is 31.2. The summed E-state index contributed by atoms with van der Waals surface area (Å²) in [6, 6.07) is 0. The lowest BCUT2D eigenvalue weighted by atomic mass is 10.00. The molecule has 3 N–H and O–H groups in total. The van der Waals surface area contributed by atoms with Gasteiger partial charge in [-0.3, -0.25) is 37.3 Å². The summed E-state index contributed by atoms with van der Waals surface area (Å²) < 4.78 is 68.2. The van der Waals surface area contributed by atoms with Crippen LogP contribution in [0, 0.1) is 23.7 Å². The van der Waals surface area contributed by atoms with Crippen molar-refractivity contribution in [2.45, 2.75) is 356 Å². The van der Waals surface area contributed by atoms with Crippen LogP contribution in [0.5, 0.6) is 0 Å². The lowest BCUT2D eigenvalue weighted by Crippen LogP contribution is -2.30. The third-order valence-corrected chi connectivity index (χ3v) is 18.4. The zero-order chi connectivity index (χ0) is 65.4. The number of hydrogen-bond donors (Lipinski definition) is 3. The molecule has 0 heterocycles. The number of hydrogen-bond acceptors (Lipinski definition) is 15. The molecule has 7 atom stereocenters. The van der Waals surface area contributed by atoms with Crippen LogP contribution in [0.1, 0.15) is 338 Å². The summed E-state index contributed by atoms with van der Waals surface area (Å²) in [7, 11) is -9.90. The summed E-state index contributed by atoms with van der Waals surface area (Å²) in [5.41, 5.74) is 0. The van der Waals surface area contributed by atoms with E-state index in [0.29, 0.717) is 25.7 Å². The predicted octanol–water partition coefficient (Wildman–Crippen LogP) is 19.3. The molecule has 0 fully saturated rings. The maximum atomic E-state index is 13.0. The molecule has 0 rings (SSSR count). The van der Waals surface area contributed by atoms with Gasteiger partial charge in [-0.1, -0.05) is 287 Å². The summed E-state index contributed by atoms with van der Waals surface area (Å²) in [5, 5.41) is 10.6. The van der Waals surface area contributed by atoms with Gasteiger partial charge in [-0.2, -0.15) is 0 Å². The van der Waals surface area contributed by atoms with Crippen LogP contribution in [0.4, 0.5) is 0 Å². The van der Waals surface area contributed by atoms with E-state index in [0.717, 1.165) is 120 Å². The van der Waals surface area contributed by atoms with Crippen LogP contribution >= 0.6 is 15.6 Å². The molecule has 0 saturated carbocycles. The Bertz CT molecular complexity index is 1750. The Morgan fingerprint density at radius 1 is 0.318 bits per heavy atom. The zero-order valence-electron chi connectivity index (χ0n) is 57.3. The standard InChI is InChI=1S/C69H134O17P2/c1-9-61(7)47-39-31-25-27-34-42-50-67(72)80-56-64(85-68(73)51-43-35-24-19-15-13-11-12-14-17-21-29-37-45-59(3)4)57-83-87(75,76)81-53-63(70)54-82-88(77,78)84-58-65(86-69(74)52-44-36-28-26-32-40-48-62(8)10-2)55-79-66(71)49-41-33-23-20-16-18-22-30-38-46-60(5)6/h59-65,70H,9-58H2,1-8H3,(H,75,76)(H,77,78)/t61?,62?,63-,64+,65+/m0/s1. The molecule has 0 aliphatic rings. The van der Waals surface area contributed by atoms with Crippen LogP contribution in [-0.2, 0) is 65.4 Å². The molecule has 522 valence electrons. The van der Waals surface area contributed by atoms with Gasteiger partial charge in [0.1, 0.15) is 19.3 Å². The average molecular weight is 1300 g/mol. The highest BCUT2D eigenvalue weighted by Gasteiger charge is 2.30. The van der Waals surface area contributed by atoms with E-state index in [2.05, 4.69) is 55.4 Å². The summed E-state index contributed by atoms with van der Waals surface area (Å²) in [6.45, 7) is 14.0. The fourth-order valence-electron chi connectivity index (χ4n) is 10.2. The van der Waals surface area contributed by atoms with Gasteiger partial charge in [-0.05, 0) is 49.4 Å². The van der Waals surface area contributed by atoms with Crippen molar-refractivity contribution in [3.8, 4) is 0 Å². The van der Waals surface area contributed by atoms with Gasteiger partial charge in [0.25, 0.3) is 0 Å². The van der Waals surface area contributed by atoms with Gasteiger partial charge in [0.15, 0.2) is 12.2 Å². The van der Waals surface area contributed by atoms with Gasteiger partial charge in [0, 0.05) is 25.7 Å². The van der Waals surface area contributed by atoms with E-state index in [4.69, 9.17) is 37.0 Å². The molecule has 17 nitrogen and oxygen atoms in total. The molecule has 0 aliphatic carbocycles. The van der Waals surface area contributed by atoms with Gasteiger partial charge < -0.3 is 33.8 Å². The minimum absolute atomic E-state index is 0.102. The van der Waals surface area contributed by atoms with Crippen LogP contribution in [0.25, 0.3) is 0 Å². The van der Waals surface area contributed by atoms with Crippen molar-refractivity contribution >= 4 is 39.5 Å². The first-order chi connectivity index (χ1) is 42.2. The van der Waals surface area contributed by atoms with Gasteiger partial charge in [0.05, 0.1) is 26.4 Å². The van der Waals surface area contributed by atoms with E-state index in [1.54, 1.807) is 0 Å². The van der Waals surface area contributed by atoms with Crippen molar-refractivity contribution in [2.75, 3.05) is 39.6 Å². The van der Waals surface area contributed by atoms with Crippen molar-refractivity contribution in [3.05, 3.63) is 0 Å². The molecular formula is C69H134O17P2. The Hall–Kier alpha value is -1.94. The first-order valence-corrected chi connectivity index (χ1v) is 38.8. The van der Waals surface area contributed by atoms with E-state index < -0.39 is 97.5 Å². The number of phosphoric acid groups is 2. The summed E-state index contributed by atoms with van der Waals surface area (Å²) >= 11 is 0. The first-order valence-electron chi connectivity index (χ1n) is 35.8. The van der Waals surface area contributed by atoms with Crippen LogP contribution in [0.2, 0.25) is 0 Å². The van der Waals surface area contributed by atoms with Gasteiger partial charge in [-0.15, -0.1) is 0 Å². The first kappa shape index (κ1) is 86.1. The average Bonchev–Trinajstić information content (AvgIpc) is 3.69. The van der Waals surface area contributed by atoms with E-state index in [1.165, 1.54) is 135 Å². The summed E-state index contributed by atoms with van der Waals surface area (Å²) in [6.07, 6.45) is 40.4. The number of rotatable bonds is 66. The molecule has 0 aromatic rings. The number of aliphatic hydroxyl groups is 1.